The number of aliphatic hydroxyl groups excluding tert-OH is 1. The highest BCUT2D eigenvalue weighted by atomic mass is 16.3. The van der Waals surface area contributed by atoms with Crippen LogP contribution in [0, 0.1) is 11.3 Å². The minimum atomic E-state index is -0.579. The molecule has 0 spiro atoms. The van der Waals surface area contributed by atoms with Crippen molar-refractivity contribution in [2.24, 2.45) is 11.3 Å². The molecule has 106 valence electrons. The second-order valence-electron chi connectivity index (χ2n) is 5.90. The van der Waals surface area contributed by atoms with Gasteiger partial charge in [0.2, 0.25) is 11.8 Å². The van der Waals surface area contributed by atoms with Crippen molar-refractivity contribution < 1.29 is 14.7 Å². The summed E-state index contributed by atoms with van der Waals surface area (Å²) in [7, 11) is 0. The second-order valence-corrected chi connectivity index (χ2v) is 5.90. The number of rotatable bonds is 5. The Morgan fingerprint density at radius 2 is 1.61 bits per heavy atom. The van der Waals surface area contributed by atoms with Crippen molar-refractivity contribution in [3.8, 4) is 0 Å². The zero-order chi connectivity index (χ0) is 14.5. The molecule has 0 aliphatic heterocycles. The first-order valence-electron chi connectivity index (χ1n) is 6.31. The molecule has 5 heteroatoms. The van der Waals surface area contributed by atoms with E-state index in [1.165, 1.54) is 0 Å². The van der Waals surface area contributed by atoms with Crippen LogP contribution in [0.5, 0.6) is 0 Å². The largest absolute Gasteiger partial charge is 0.396 e. The molecule has 0 aliphatic carbocycles. The maximum Gasteiger partial charge on any atom is 0.242 e. The molecule has 0 aromatic carbocycles. The maximum absolute atomic E-state index is 11.8. The summed E-state index contributed by atoms with van der Waals surface area (Å²) in [5.41, 5.74) is -0.515. The number of carbonyl (C=O) groups excluding carboxylic acids is 2. The highest BCUT2D eigenvalue weighted by Gasteiger charge is 2.26. The summed E-state index contributed by atoms with van der Waals surface area (Å²) in [6.45, 7) is 10.7. The van der Waals surface area contributed by atoms with Crippen molar-refractivity contribution in [2.45, 2.75) is 53.6 Å². The van der Waals surface area contributed by atoms with Gasteiger partial charge in [-0.3, -0.25) is 9.59 Å². The lowest BCUT2D eigenvalue weighted by Crippen LogP contribution is -2.51. The van der Waals surface area contributed by atoms with Gasteiger partial charge >= 0.3 is 0 Å². The third-order valence-corrected chi connectivity index (χ3v) is 2.93. The van der Waals surface area contributed by atoms with Crippen molar-refractivity contribution in [3.63, 3.8) is 0 Å². The van der Waals surface area contributed by atoms with Crippen LogP contribution in [0.3, 0.4) is 0 Å². The van der Waals surface area contributed by atoms with Gasteiger partial charge < -0.3 is 15.7 Å². The van der Waals surface area contributed by atoms with Gasteiger partial charge in [-0.05, 0) is 19.8 Å². The number of amides is 2. The topological polar surface area (TPSA) is 78.4 Å². The standard InChI is InChI=1S/C13H26N2O3/c1-8(7-16)9(2)14-11(17)10(3)15-12(18)13(4,5)6/h8-10,16H,7H2,1-6H3,(H,14,17)(H,15,18). The Labute approximate surface area is 109 Å². The molecular weight excluding hydrogens is 232 g/mol. The number of carbonyl (C=O) groups is 2. The molecule has 2 amide bonds. The van der Waals surface area contributed by atoms with Crippen LogP contribution in [-0.2, 0) is 9.59 Å². The summed E-state index contributed by atoms with van der Waals surface area (Å²) >= 11 is 0. The van der Waals surface area contributed by atoms with Crippen LogP contribution in [0.1, 0.15) is 41.5 Å². The second kappa shape index (κ2) is 6.73. The predicted molar refractivity (Wildman–Crippen MR) is 70.9 cm³/mol. The Bertz CT molecular complexity index is 297. The quantitative estimate of drug-likeness (QED) is 0.678. The Kier molecular flexibility index (Phi) is 6.32. The van der Waals surface area contributed by atoms with Gasteiger partial charge in [0.05, 0.1) is 0 Å². The van der Waals surface area contributed by atoms with Gasteiger partial charge in [0, 0.05) is 18.1 Å². The molecular formula is C13H26N2O3. The lowest BCUT2D eigenvalue weighted by atomic mass is 9.95. The molecule has 0 fully saturated rings. The van der Waals surface area contributed by atoms with Crippen LogP contribution in [0.15, 0.2) is 0 Å². The first-order chi connectivity index (χ1) is 8.09. The van der Waals surface area contributed by atoms with Gasteiger partial charge in [0.25, 0.3) is 0 Å². The Morgan fingerprint density at radius 1 is 1.11 bits per heavy atom. The van der Waals surface area contributed by atoms with Gasteiger partial charge in [-0.25, -0.2) is 0 Å². The average Bonchev–Trinajstić information content (AvgIpc) is 2.26. The summed E-state index contributed by atoms with van der Waals surface area (Å²) in [4.78, 5) is 23.6. The Balaban J connectivity index is 4.32. The van der Waals surface area contributed by atoms with Gasteiger partial charge in [-0.1, -0.05) is 27.7 Å². The molecule has 5 nitrogen and oxygen atoms in total. The third-order valence-electron chi connectivity index (χ3n) is 2.93. The minimum Gasteiger partial charge on any atom is -0.396 e. The number of hydrogen-bond donors (Lipinski definition) is 3. The van der Waals surface area contributed by atoms with E-state index in [1.54, 1.807) is 27.7 Å². The molecule has 0 bridgehead atoms. The SMILES string of the molecule is CC(NC(=O)C(C)(C)C)C(=O)NC(C)C(C)CO. The van der Waals surface area contributed by atoms with Gasteiger partial charge in [-0.2, -0.15) is 0 Å². The number of nitrogens with one attached hydrogen (secondary N) is 2. The molecule has 0 saturated carbocycles. The van der Waals surface area contributed by atoms with Crippen LogP contribution < -0.4 is 10.6 Å². The molecule has 0 radical (unpaired) electrons. The fourth-order valence-corrected chi connectivity index (χ4v) is 1.13. The summed E-state index contributed by atoms with van der Waals surface area (Å²) in [6, 6.07) is -0.707. The van der Waals surface area contributed by atoms with E-state index in [0.29, 0.717) is 0 Å². The summed E-state index contributed by atoms with van der Waals surface area (Å²) in [6.07, 6.45) is 0. The van der Waals surface area contributed by atoms with Gasteiger partial charge in [0.1, 0.15) is 6.04 Å². The summed E-state index contributed by atoms with van der Waals surface area (Å²) in [5.74, 6) is -0.409. The molecule has 3 atom stereocenters. The van der Waals surface area contributed by atoms with Crippen molar-refractivity contribution >= 4 is 11.8 Å². The predicted octanol–water partition coefficient (Wildman–Crippen LogP) is 0.670. The van der Waals surface area contributed by atoms with E-state index in [2.05, 4.69) is 10.6 Å². The smallest absolute Gasteiger partial charge is 0.242 e. The third kappa shape index (κ3) is 5.49. The van der Waals surface area contributed by atoms with Crippen LogP contribution in [0.4, 0.5) is 0 Å². The van der Waals surface area contributed by atoms with Gasteiger partial charge in [-0.15, -0.1) is 0 Å². The average molecular weight is 258 g/mol. The zero-order valence-corrected chi connectivity index (χ0v) is 12.2. The van der Waals surface area contributed by atoms with E-state index < -0.39 is 11.5 Å². The first-order valence-corrected chi connectivity index (χ1v) is 6.31. The molecule has 0 aromatic heterocycles. The van der Waals surface area contributed by atoms with E-state index in [1.807, 2.05) is 13.8 Å². The van der Waals surface area contributed by atoms with Crippen LogP contribution in [0.25, 0.3) is 0 Å². The first kappa shape index (κ1) is 16.9. The molecule has 18 heavy (non-hydrogen) atoms. The fraction of sp³-hybridized carbons (Fsp3) is 0.846. The fourth-order valence-electron chi connectivity index (χ4n) is 1.13. The maximum atomic E-state index is 11.8. The molecule has 3 unspecified atom stereocenters. The molecule has 0 saturated heterocycles. The molecule has 0 aromatic rings. The van der Waals surface area contributed by atoms with E-state index in [-0.39, 0.29) is 30.4 Å². The zero-order valence-electron chi connectivity index (χ0n) is 12.2. The van der Waals surface area contributed by atoms with E-state index in [4.69, 9.17) is 5.11 Å². The van der Waals surface area contributed by atoms with E-state index >= 15 is 0 Å². The number of hydrogen-bond acceptors (Lipinski definition) is 3. The van der Waals surface area contributed by atoms with Gasteiger partial charge in [0.15, 0.2) is 0 Å². The normalized spacial score (nSPS) is 16.6. The van der Waals surface area contributed by atoms with E-state index in [9.17, 15) is 9.59 Å². The van der Waals surface area contributed by atoms with Crippen LogP contribution in [-0.4, -0.2) is 35.6 Å². The van der Waals surface area contributed by atoms with Crippen molar-refractivity contribution in [1.82, 2.24) is 10.6 Å². The molecule has 0 aliphatic rings. The number of aliphatic hydroxyl groups is 1. The summed E-state index contributed by atoms with van der Waals surface area (Å²) in [5, 5.41) is 14.4. The van der Waals surface area contributed by atoms with Crippen molar-refractivity contribution in [1.29, 1.82) is 0 Å². The van der Waals surface area contributed by atoms with Crippen LogP contribution in [0.2, 0.25) is 0 Å². The summed E-state index contributed by atoms with van der Waals surface area (Å²) < 4.78 is 0. The van der Waals surface area contributed by atoms with Crippen molar-refractivity contribution in [2.75, 3.05) is 6.61 Å². The van der Waals surface area contributed by atoms with Crippen molar-refractivity contribution in [3.05, 3.63) is 0 Å². The Morgan fingerprint density at radius 3 is 2.00 bits per heavy atom. The minimum absolute atomic E-state index is 0.0144. The molecule has 3 N–H and O–H groups in total. The lowest BCUT2D eigenvalue weighted by molar-refractivity contribution is -0.133. The Hall–Kier alpha value is -1.10. The lowest BCUT2D eigenvalue weighted by Gasteiger charge is -2.24. The monoisotopic (exact) mass is 258 g/mol. The molecule has 0 rings (SSSR count). The molecule has 0 heterocycles. The highest BCUT2D eigenvalue weighted by molar-refractivity contribution is 5.89. The highest BCUT2D eigenvalue weighted by Crippen LogP contribution is 2.12. The van der Waals surface area contributed by atoms with E-state index in [0.717, 1.165) is 0 Å². The van der Waals surface area contributed by atoms with Crippen LogP contribution >= 0.6 is 0 Å².